The first-order valence-corrected chi connectivity index (χ1v) is 6.45. The third-order valence-corrected chi connectivity index (χ3v) is 3.10. The molecule has 0 aliphatic carbocycles. The van der Waals surface area contributed by atoms with Crippen molar-refractivity contribution >= 4 is 17.6 Å². The van der Waals surface area contributed by atoms with Gasteiger partial charge >= 0.3 is 5.97 Å². The Labute approximate surface area is 121 Å². The van der Waals surface area contributed by atoms with Crippen LogP contribution in [0.5, 0.6) is 0 Å². The molecule has 5 heteroatoms. The third kappa shape index (κ3) is 3.25. The van der Waals surface area contributed by atoms with Crippen LogP contribution in [0.1, 0.15) is 33.2 Å². The van der Waals surface area contributed by atoms with Crippen LogP contribution in [-0.2, 0) is 6.42 Å². The maximum Gasteiger partial charge on any atom is 0.337 e. The van der Waals surface area contributed by atoms with Crippen molar-refractivity contribution in [3.05, 3.63) is 65.0 Å². The van der Waals surface area contributed by atoms with E-state index in [1.807, 2.05) is 19.1 Å². The summed E-state index contributed by atoms with van der Waals surface area (Å²) in [5.41, 5.74) is 1.12. The van der Waals surface area contributed by atoms with E-state index in [0.29, 0.717) is 12.0 Å². The molecule has 4 nitrogen and oxygen atoms in total. The number of amides is 1. The predicted octanol–water partition coefficient (Wildman–Crippen LogP) is 3.34. The molecule has 0 spiro atoms. The first kappa shape index (κ1) is 14.7. The Morgan fingerprint density at radius 2 is 1.86 bits per heavy atom. The molecule has 0 unspecified atom stereocenters. The zero-order valence-electron chi connectivity index (χ0n) is 11.4. The Hall–Kier alpha value is -2.69. The Balaban J connectivity index is 2.34. The average Bonchev–Trinajstić information content (AvgIpc) is 2.48. The Bertz CT molecular complexity index is 698. The molecule has 0 aliphatic heterocycles. The van der Waals surface area contributed by atoms with Crippen LogP contribution in [0.3, 0.4) is 0 Å². The number of hydrogen-bond acceptors (Lipinski definition) is 2. The molecular formula is C16H14FNO3. The summed E-state index contributed by atoms with van der Waals surface area (Å²) in [6.45, 7) is 1.92. The van der Waals surface area contributed by atoms with Gasteiger partial charge in [-0.15, -0.1) is 0 Å². The summed E-state index contributed by atoms with van der Waals surface area (Å²) in [7, 11) is 0. The fraction of sp³-hybridized carbons (Fsp3) is 0.125. The van der Waals surface area contributed by atoms with E-state index in [1.54, 1.807) is 12.1 Å². The van der Waals surface area contributed by atoms with Gasteiger partial charge in [0.2, 0.25) is 0 Å². The Morgan fingerprint density at radius 1 is 1.14 bits per heavy atom. The summed E-state index contributed by atoms with van der Waals surface area (Å²) in [6, 6.07) is 10.3. The van der Waals surface area contributed by atoms with E-state index >= 15 is 0 Å². The van der Waals surface area contributed by atoms with E-state index in [9.17, 15) is 14.0 Å². The maximum absolute atomic E-state index is 13.1. The second-order valence-electron chi connectivity index (χ2n) is 4.46. The number of anilines is 1. The minimum Gasteiger partial charge on any atom is -0.478 e. The normalized spacial score (nSPS) is 10.2. The molecule has 0 heterocycles. The zero-order valence-corrected chi connectivity index (χ0v) is 11.4. The smallest absolute Gasteiger partial charge is 0.337 e. The second kappa shape index (κ2) is 6.17. The number of carbonyl (C=O) groups is 2. The van der Waals surface area contributed by atoms with Crippen molar-refractivity contribution in [1.29, 1.82) is 0 Å². The number of carboxylic acids is 1. The highest BCUT2D eigenvalue weighted by Crippen LogP contribution is 2.19. The maximum atomic E-state index is 13.1. The van der Waals surface area contributed by atoms with Crippen LogP contribution in [0.2, 0.25) is 0 Å². The van der Waals surface area contributed by atoms with Gasteiger partial charge in [0.1, 0.15) is 5.82 Å². The fourth-order valence-electron chi connectivity index (χ4n) is 2.04. The first-order valence-electron chi connectivity index (χ1n) is 6.45. The molecule has 0 radical (unpaired) electrons. The molecule has 1 amide bonds. The van der Waals surface area contributed by atoms with Crippen LogP contribution in [0.15, 0.2) is 42.5 Å². The first-order chi connectivity index (χ1) is 10.0. The molecule has 2 rings (SSSR count). The Kier molecular flexibility index (Phi) is 4.33. The fourth-order valence-corrected chi connectivity index (χ4v) is 2.04. The van der Waals surface area contributed by atoms with E-state index in [2.05, 4.69) is 5.32 Å². The molecule has 0 saturated carbocycles. The molecule has 0 fully saturated rings. The van der Waals surface area contributed by atoms with Crippen LogP contribution in [-0.4, -0.2) is 17.0 Å². The van der Waals surface area contributed by atoms with Gasteiger partial charge in [-0.3, -0.25) is 4.79 Å². The van der Waals surface area contributed by atoms with Crippen LogP contribution < -0.4 is 5.32 Å². The number of halogens is 1. The lowest BCUT2D eigenvalue weighted by Crippen LogP contribution is -2.16. The molecule has 0 bridgehead atoms. The number of rotatable bonds is 4. The van der Waals surface area contributed by atoms with E-state index in [4.69, 9.17) is 5.11 Å². The van der Waals surface area contributed by atoms with Crippen molar-refractivity contribution in [1.82, 2.24) is 0 Å². The highest BCUT2D eigenvalue weighted by Gasteiger charge is 2.16. The topological polar surface area (TPSA) is 66.4 Å². The number of aromatic carboxylic acids is 1. The van der Waals surface area contributed by atoms with Gasteiger partial charge in [-0.1, -0.05) is 25.1 Å². The van der Waals surface area contributed by atoms with Gasteiger partial charge in [0.15, 0.2) is 0 Å². The van der Waals surface area contributed by atoms with Crippen molar-refractivity contribution in [2.45, 2.75) is 13.3 Å². The summed E-state index contributed by atoms with van der Waals surface area (Å²) >= 11 is 0. The summed E-state index contributed by atoms with van der Waals surface area (Å²) in [4.78, 5) is 23.4. The highest BCUT2D eigenvalue weighted by atomic mass is 19.1. The third-order valence-electron chi connectivity index (χ3n) is 3.10. The van der Waals surface area contributed by atoms with Crippen LogP contribution in [0.4, 0.5) is 10.1 Å². The van der Waals surface area contributed by atoms with Gasteiger partial charge < -0.3 is 10.4 Å². The van der Waals surface area contributed by atoms with E-state index in [1.165, 1.54) is 6.07 Å². The largest absolute Gasteiger partial charge is 0.478 e. The molecule has 0 aromatic heterocycles. The molecule has 0 aliphatic rings. The van der Waals surface area contributed by atoms with Crippen molar-refractivity contribution in [3.63, 3.8) is 0 Å². The van der Waals surface area contributed by atoms with Crippen molar-refractivity contribution in [2.75, 3.05) is 5.32 Å². The average molecular weight is 287 g/mol. The van der Waals surface area contributed by atoms with Crippen molar-refractivity contribution in [2.24, 2.45) is 0 Å². The quantitative estimate of drug-likeness (QED) is 0.906. The molecule has 21 heavy (non-hydrogen) atoms. The number of benzene rings is 2. The second-order valence-corrected chi connectivity index (χ2v) is 4.46. The summed E-state index contributed by atoms with van der Waals surface area (Å²) in [6.07, 6.45) is 0.679. The lowest BCUT2D eigenvalue weighted by Gasteiger charge is -2.11. The predicted molar refractivity (Wildman–Crippen MR) is 77.1 cm³/mol. The van der Waals surface area contributed by atoms with E-state index in [-0.39, 0.29) is 11.3 Å². The molecular weight excluding hydrogens is 273 g/mol. The number of aryl methyl sites for hydroxylation is 1. The van der Waals surface area contributed by atoms with Gasteiger partial charge in [0.25, 0.3) is 5.91 Å². The molecule has 2 aromatic carbocycles. The van der Waals surface area contributed by atoms with Gasteiger partial charge in [0, 0.05) is 5.56 Å². The number of carboxylic acid groups (broad SMARTS) is 1. The van der Waals surface area contributed by atoms with Crippen molar-refractivity contribution in [3.8, 4) is 0 Å². The number of carbonyl (C=O) groups excluding carboxylic acids is 1. The van der Waals surface area contributed by atoms with E-state index in [0.717, 1.165) is 17.7 Å². The van der Waals surface area contributed by atoms with Gasteiger partial charge in [-0.2, -0.15) is 0 Å². The lowest BCUT2D eigenvalue weighted by molar-refractivity contribution is 0.0697. The highest BCUT2D eigenvalue weighted by molar-refractivity contribution is 6.08. The molecule has 2 N–H and O–H groups in total. The molecule has 0 saturated heterocycles. The van der Waals surface area contributed by atoms with E-state index < -0.39 is 17.7 Å². The molecule has 108 valence electrons. The monoisotopic (exact) mass is 287 g/mol. The zero-order chi connectivity index (χ0) is 15.4. The van der Waals surface area contributed by atoms with Crippen molar-refractivity contribution < 1.29 is 19.1 Å². The number of hydrogen-bond donors (Lipinski definition) is 2. The minimum atomic E-state index is -1.30. The number of nitrogens with one attached hydrogen (secondary N) is 1. The van der Waals surface area contributed by atoms with Gasteiger partial charge in [0.05, 0.1) is 11.3 Å². The SMILES string of the molecule is CCc1ccccc1C(=O)Nc1ccc(F)cc1C(=O)O. The van der Waals surface area contributed by atoms with Gasteiger partial charge in [-0.05, 0) is 36.2 Å². The minimum absolute atomic E-state index is 0.0693. The summed E-state index contributed by atoms with van der Waals surface area (Å²) in [5.74, 6) is -2.38. The van der Waals surface area contributed by atoms with Crippen LogP contribution in [0.25, 0.3) is 0 Å². The van der Waals surface area contributed by atoms with Crippen LogP contribution >= 0.6 is 0 Å². The molecule has 2 aromatic rings. The molecule has 0 atom stereocenters. The summed E-state index contributed by atoms with van der Waals surface area (Å²) in [5, 5.41) is 11.6. The Morgan fingerprint density at radius 3 is 2.52 bits per heavy atom. The standard InChI is InChI=1S/C16H14FNO3/c1-2-10-5-3-4-6-12(10)15(19)18-14-8-7-11(17)9-13(14)16(20)21/h3-9H,2H2,1H3,(H,18,19)(H,20,21). The van der Waals surface area contributed by atoms with Crippen LogP contribution in [0, 0.1) is 5.82 Å². The summed E-state index contributed by atoms with van der Waals surface area (Å²) < 4.78 is 13.1. The lowest BCUT2D eigenvalue weighted by atomic mass is 10.0. The van der Waals surface area contributed by atoms with Gasteiger partial charge in [-0.25, -0.2) is 9.18 Å².